The summed E-state index contributed by atoms with van der Waals surface area (Å²) < 4.78 is 11.7. The van der Waals surface area contributed by atoms with Gasteiger partial charge in [-0.25, -0.2) is 4.79 Å². The summed E-state index contributed by atoms with van der Waals surface area (Å²) >= 11 is 0. The Balaban J connectivity index is 1.69. The summed E-state index contributed by atoms with van der Waals surface area (Å²) in [5, 5.41) is 3.81. The summed E-state index contributed by atoms with van der Waals surface area (Å²) in [6.07, 6.45) is 4.84. The summed E-state index contributed by atoms with van der Waals surface area (Å²) in [6, 6.07) is 14.5. The third-order valence-electron chi connectivity index (χ3n) is 5.00. The van der Waals surface area contributed by atoms with Crippen LogP contribution in [0.25, 0.3) is 10.8 Å². The third-order valence-corrected chi connectivity index (χ3v) is 5.00. The maximum absolute atomic E-state index is 12.9. The summed E-state index contributed by atoms with van der Waals surface area (Å²) in [5.41, 5.74) is 1.62. The second-order valence-electron chi connectivity index (χ2n) is 7.41. The van der Waals surface area contributed by atoms with Crippen molar-refractivity contribution in [3.8, 4) is 5.75 Å². The van der Waals surface area contributed by atoms with Gasteiger partial charge in [-0.3, -0.25) is 9.59 Å². The lowest BCUT2D eigenvalue weighted by atomic mass is 10.1. The maximum atomic E-state index is 12.9. The number of hydrogen-bond donors (Lipinski definition) is 1. The van der Waals surface area contributed by atoms with Gasteiger partial charge in [-0.1, -0.05) is 31.5 Å². The average molecular weight is 437 g/mol. The summed E-state index contributed by atoms with van der Waals surface area (Å²) in [4.78, 5) is 36.9. The van der Waals surface area contributed by atoms with E-state index in [4.69, 9.17) is 9.47 Å². The van der Waals surface area contributed by atoms with Gasteiger partial charge in [-0.15, -0.1) is 0 Å². The molecule has 1 amide bonds. The number of nitrogens with zero attached hydrogens (tertiary/aromatic N) is 1. The van der Waals surface area contributed by atoms with E-state index in [1.807, 2.05) is 24.3 Å². The fourth-order valence-corrected chi connectivity index (χ4v) is 3.37. The SMILES string of the molecule is CCCCc1ccc(NC(=O)Cn2ccc3c(OCC(=O)OCC)cccc3c2=O)cc1. The van der Waals surface area contributed by atoms with Crippen LogP contribution in [0.4, 0.5) is 5.69 Å². The highest BCUT2D eigenvalue weighted by Crippen LogP contribution is 2.23. The molecule has 0 aliphatic heterocycles. The number of amides is 1. The van der Waals surface area contributed by atoms with Crippen molar-refractivity contribution in [2.75, 3.05) is 18.5 Å². The topological polar surface area (TPSA) is 86.6 Å². The van der Waals surface area contributed by atoms with Gasteiger partial charge in [0.15, 0.2) is 6.61 Å². The number of benzene rings is 2. The zero-order valence-corrected chi connectivity index (χ0v) is 18.4. The van der Waals surface area contributed by atoms with Crippen molar-refractivity contribution in [3.63, 3.8) is 0 Å². The molecule has 0 fully saturated rings. The van der Waals surface area contributed by atoms with E-state index in [9.17, 15) is 14.4 Å². The molecule has 7 heteroatoms. The molecule has 0 saturated carbocycles. The minimum atomic E-state index is -0.479. The molecule has 2 aromatic carbocycles. The number of aromatic nitrogens is 1. The first-order valence-corrected chi connectivity index (χ1v) is 10.8. The first-order chi connectivity index (χ1) is 15.5. The fourth-order valence-electron chi connectivity index (χ4n) is 3.37. The van der Waals surface area contributed by atoms with Crippen LogP contribution < -0.4 is 15.6 Å². The fraction of sp³-hybridized carbons (Fsp3) is 0.320. The molecule has 168 valence electrons. The van der Waals surface area contributed by atoms with Crippen molar-refractivity contribution >= 4 is 28.3 Å². The Labute approximate surface area is 187 Å². The molecule has 1 heterocycles. The number of rotatable bonds is 10. The minimum Gasteiger partial charge on any atom is -0.481 e. The Morgan fingerprint density at radius 1 is 1.00 bits per heavy atom. The zero-order chi connectivity index (χ0) is 22.9. The van der Waals surface area contributed by atoms with E-state index in [2.05, 4.69) is 12.2 Å². The molecule has 0 aliphatic rings. The van der Waals surface area contributed by atoms with E-state index >= 15 is 0 Å². The molecule has 1 N–H and O–H groups in total. The summed E-state index contributed by atoms with van der Waals surface area (Å²) in [7, 11) is 0. The van der Waals surface area contributed by atoms with Crippen LogP contribution in [0.2, 0.25) is 0 Å². The Bertz CT molecular complexity index is 1140. The van der Waals surface area contributed by atoms with Gasteiger partial charge < -0.3 is 19.4 Å². The van der Waals surface area contributed by atoms with Crippen molar-refractivity contribution in [2.24, 2.45) is 0 Å². The van der Waals surface area contributed by atoms with Crippen molar-refractivity contribution in [2.45, 2.75) is 39.7 Å². The van der Waals surface area contributed by atoms with E-state index in [1.54, 1.807) is 37.4 Å². The Morgan fingerprint density at radius 3 is 2.50 bits per heavy atom. The van der Waals surface area contributed by atoms with E-state index in [0.717, 1.165) is 19.3 Å². The number of ether oxygens (including phenoxy) is 2. The normalized spacial score (nSPS) is 10.7. The monoisotopic (exact) mass is 436 g/mol. The predicted octanol–water partition coefficient (Wildman–Crippen LogP) is 3.92. The smallest absolute Gasteiger partial charge is 0.344 e. The molecular weight excluding hydrogens is 408 g/mol. The standard InChI is InChI=1S/C25H28N2O5/c1-3-5-7-18-10-12-19(13-11-18)26-23(28)16-27-15-14-20-21(25(27)30)8-6-9-22(20)32-17-24(29)31-4-2/h6,8-15H,3-5,7,16-17H2,1-2H3,(H,26,28). The maximum Gasteiger partial charge on any atom is 0.344 e. The number of nitrogens with one attached hydrogen (secondary N) is 1. The molecule has 0 bridgehead atoms. The number of fused-ring (bicyclic) bond motifs is 1. The number of aryl methyl sites for hydroxylation is 1. The van der Waals surface area contributed by atoms with Gasteiger partial charge in [-0.05, 0) is 55.7 Å². The largest absolute Gasteiger partial charge is 0.481 e. The van der Waals surface area contributed by atoms with Gasteiger partial charge in [0.25, 0.3) is 5.56 Å². The summed E-state index contributed by atoms with van der Waals surface area (Å²) in [5.74, 6) is -0.359. The highest BCUT2D eigenvalue weighted by Gasteiger charge is 2.12. The number of anilines is 1. The van der Waals surface area contributed by atoms with Crippen LogP contribution in [0, 0.1) is 0 Å². The van der Waals surface area contributed by atoms with Crippen LogP contribution in [0.3, 0.4) is 0 Å². The highest BCUT2D eigenvalue weighted by molar-refractivity contribution is 5.91. The van der Waals surface area contributed by atoms with Gasteiger partial charge in [0.05, 0.1) is 12.0 Å². The predicted molar refractivity (Wildman–Crippen MR) is 124 cm³/mol. The lowest BCUT2D eigenvalue weighted by molar-refractivity contribution is -0.145. The van der Waals surface area contributed by atoms with Crippen molar-refractivity contribution in [1.82, 2.24) is 4.57 Å². The van der Waals surface area contributed by atoms with Crippen LogP contribution in [0.15, 0.2) is 59.5 Å². The Morgan fingerprint density at radius 2 is 1.78 bits per heavy atom. The summed E-state index contributed by atoms with van der Waals surface area (Å²) in [6.45, 7) is 3.79. The van der Waals surface area contributed by atoms with Gasteiger partial charge in [0.1, 0.15) is 12.3 Å². The molecule has 7 nitrogen and oxygen atoms in total. The number of esters is 1. The molecule has 0 unspecified atom stereocenters. The van der Waals surface area contributed by atoms with Gasteiger partial charge in [-0.2, -0.15) is 0 Å². The quantitative estimate of drug-likeness (QED) is 0.487. The number of unbranched alkanes of at least 4 members (excludes halogenated alkanes) is 1. The van der Waals surface area contributed by atoms with Gasteiger partial charge in [0.2, 0.25) is 5.91 Å². The van der Waals surface area contributed by atoms with Crippen molar-refractivity contribution in [1.29, 1.82) is 0 Å². The number of carbonyl (C=O) groups is 2. The number of pyridine rings is 1. The van der Waals surface area contributed by atoms with Crippen LogP contribution in [-0.2, 0) is 27.3 Å². The number of hydrogen-bond acceptors (Lipinski definition) is 5. The molecule has 3 aromatic rings. The van der Waals surface area contributed by atoms with Gasteiger partial charge >= 0.3 is 5.97 Å². The van der Waals surface area contributed by atoms with Crippen LogP contribution in [0.5, 0.6) is 5.75 Å². The lowest BCUT2D eigenvalue weighted by Crippen LogP contribution is -2.27. The van der Waals surface area contributed by atoms with Crippen molar-refractivity contribution in [3.05, 3.63) is 70.6 Å². The molecule has 0 aliphatic carbocycles. The molecule has 0 atom stereocenters. The van der Waals surface area contributed by atoms with Crippen LogP contribution >= 0.6 is 0 Å². The second kappa shape index (κ2) is 11.1. The molecule has 3 rings (SSSR count). The van der Waals surface area contributed by atoms with Gasteiger partial charge in [0, 0.05) is 17.3 Å². The van der Waals surface area contributed by atoms with Crippen molar-refractivity contribution < 1.29 is 19.1 Å². The molecule has 1 aromatic heterocycles. The zero-order valence-electron chi connectivity index (χ0n) is 18.4. The molecular formula is C25H28N2O5. The van der Waals surface area contributed by atoms with E-state index in [0.29, 0.717) is 22.2 Å². The van der Waals surface area contributed by atoms with E-state index < -0.39 is 5.97 Å². The lowest BCUT2D eigenvalue weighted by Gasteiger charge is -2.11. The molecule has 0 saturated heterocycles. The molecule has 32 heavy (non-hydrogen) atoms. The molecule has 0 spiro atoms. The molecule has 0 radical (unpaired) electrons. The third kappa shape index (κ3) is 5.97. The average Bonchev–Trinajstić information content (AvgIpc) is 2.79. The van der Waals surface area contributed by atoms with E-state index in [1.165, 1.54) is 10.1 Å². The van der Waals surface area contributed by atoms with Crippen LogP contribution in [-0.4, -0.2) is 29.7 Å². The highest BCUT2D eigenvalue weighted by atomic mass is 16.6. The van der Waals surface area contributed by atoms with E-state index in [-0.39, 0.29) is 31.2 Å². The first-order valence-electron chi connectivity index (χ1n) is 10.8. The first kappa shape index (κ1) is 23.1. The Hall–Kier alpha value is -3.61. The number of carbonyl (C=O) groups excluding carboxylic acids is 2. The minimum absolute atomic E-state index is 0.111. The second-order valence-corrected chi connectivity index (χ2v) is 7.41. The Kier molecular flexibility index (Phi) is 8.02. The van der Waals surface area contributed by atoms with Crippen LogP contribution in [0.1, 0.15) is 32.3 Å².